The van der Waals surface area contributed by atoms with Crippen molar-refractivity contribution in [2.75, 3.05) is 0 Å². The van der Waals surface area contributed by atoms with Crippen molar-refractivity contribution in [3.8, 4) is 5.75 Å². The maximum atomic E-state index is 11.8. The molecular formula is C13H12O4. The van der Waals surface area contributed by atoms with E-state index in [9.17, 15) is 14.7 Å². The van der Waals surface area contributed by atoms with E-state index in [1.54, 1.807) is 38.1 Å². The highest BCUT2D eigenvalue weighted by molar-refractivity contribution is 6.03. The Hall–Kier alpha value is -2.10. The standard InChI is InChI=1S/C13H12O4/c1-7(2)11(14)10-12(15)8-5-3-4-6-9(8)17-13(10)16/h3-7,15H,1-2H3. The van der Waals surface area contributed by atoms with E-state index in [0.29, 0.717) is 5.39 Å². The van der Waals surface area contributed by atoms with Gasteiger partial charge in [-0.15, -0.1) is 0 Å². The minimum absolute atomic E-state index is 0.265. The van der Waals surface area contributed by atoms with Crippen molar-refractivity contribution < 1.29 is 14.3 Å². The summed E-state index contributed by atoms with van der Waals surface area (Å²) in [6.07, 6.45) is 0. The summed E-state index contributed by atoms with van der Waals surface area (Å²) in [5.41, 5.74) is -0.783. The number of aromatic hydroxyl groups is 1. The number of carbonyl (C=O) groups is 1. The summed E-state index contributed by atoms with van der Waals surface area (Å²) in [7, 11) is 0. The van der Waals surface area contributed by atoms with E-state index in [-0.39, 0.29) is 22.8 Å². The lowest BCUT2D eigenvalue weighted by atomic mass is 10.0. The molecule has 0 aliphatic heterocycles. The number of ketones is 1. The molecule has 1 aromatic carbocycles. The van der Waals surface area contributed by atoms with Crippen LogP contribution in [0.2, 0.25) is 0 Å². The smallest absolute Gasteiger partial charge is 0.351 e. The van der Waals surface area contributed by atoms with Crippen molar-refractivity contribution in [1.82, 2.24) is 0 Å². The Morgan fingerprint density at radius 1 is 1.29 bits per heavy atom. The summed E-state index contributed by atoms with van der Waals surface area (Å²) in [6.45, 7) is 3.33. The van der Waals surface area contributed by atoms with Crippen LogP contribution in [0.3, 0.4) is 0 Å². The van der Waals surface area contributed by atoms with E-state index in [4.69, 9.17) is 4.42 Å². The van der Waals surface area contributed by atoms with E-state index in [1.807, 2.05) is 0 Å². The fourth-order valence-electron chi connectivity index (χ4n) is 1.64. The summed E-state index contributed by atoms with van der Waals surface area (Å²) >= 11 is 0. The van der Waals surface area contributed by atoms with Crippen LogP contribution >= 0.6 is 0 Å². The van der Waals surface area contributed by atoms with Crippen LogP contribution < -0.4 is 5.63 Å². The largest absolute Gasteiger partial charge is 0.506 e. The highest BCUT2D eigenvalue weighted by Gasteiger charge is 2.22. The van der Waals surface area contributed by atoms with E-state index < -0.39 is 11.4 Å². The predicted molar refractivity (Wildman–Crippen MR) is 63.3 cm³/mol. The van der Waals surface area contributed by atoms with Gasteiger partial charge in [-0.25, -0.2) is 4.79 Å². The molecule has 1 heterocycles. The van der Waals surface area contributed by atoms with E-state index in [2.05, 4.69) is 0 Å². The van der Waals surface area contributed by atoms with Gasteiger partial charge < -0.3 is 9.52 Å². The molecule has 0 spiro atoms. The molecule has 88 valence electrons. The molecule has 0 fully saturated rings. The third kappa shape index (κ3) is 1.82. The normalized spacial score (nSPS) is 11.0. The number of rotatable bonds is 2. The van der Waals surface area contributed by atoms with E-state index in [1.165, 1.54) is 0 Å². The lowest BCUT2D eigenvalue weighted by Crippen LogP contribution is -2.18. The molecule has 0 unspecified atom stereocenters. The monoisotopic (exact) mass is 232 g/mol. The van der Waals surface area contributed by atoms with Gasteiger partial charge in [0.15, 0.2) is 5.78 Å². The third-order valence-corrected chi connectivity index (χ3v) is 2.56. The van der Waals surface area contributed by atoms with Crippen LogP contribution in [0.4, 0.5) is 0 Å². The lowest BCUT2D eigenvalue weighted by Gasteiger charge is -2.07. The average molecular weight is 232 g/mol. The van der Waals surface area contributed by atoms with Crippen molar-refractivity contribution in [1.29, 1.82) is 0 Å². The Morgan fingerprint density at radius 2 is 1.94 bits per heavy atom. The highest BCUT2D eigenvalue weighted by Crippen LogP contribution is 2.27. The third-order valence-electron chi connectivity index (χ3n) is 2.56. The number of hydrogen-bond acceptors (Lipinski definition) is 4. The molecular weight excluding hydrogens is 220 g/mol. The zero-order valence-corrected chi connectivity index (χ0v) is 9.56. The van der Waals surface area contributed by atoms with Gasteiger partial charge in [-0.3, -0.25) is 4.79 Å². The number of carbonyl (C=O) groups excluding carboxylic acids is 1. The van der Waals surface area contributed by atoms with Gasteiger partial charge in [-0.05, 0) is 12.1 Å². The summed E-state index contributed by atoms with van der Waals surface area (Å²) in [5.74, 6) is -1.08. The van der Waals surface area contributed by atoms with E-state index in [0.717, 1.165) is 0 Å². The molecule has 4 heteroatoms. The minimum atomic E-state index is -0.792. The number of fused-ring (bicyclic) bond motifs is 1. The van der Waals surface area contributed by atoms with Gasteiger partial charge in [-0.1, -0.05) is 26.0 Å². The molecule has 0 atom stereocenters. The summed E-state index contributed by atoms with van der Waals surface area (Å²) < 4.78 is 5.01. The second-order valence-corrected chi connectivity index (χ2v) is 4.13. The van der Waals surface area contributed by atoms with Gasteiger partial charge in [0.1, 0.15) is 16.9 Å². The molecule has 2 aromatic rings. The van der Waals surface area contributed by atoms with Crippen molar-refractivity contribution >= 4 is 16.8 Å². The molecule has 0 bridgehead atoms. The molecule has 0 amide bonds. The number of benzene rings is 1. The van der Waals surface area contributed by atoms with Gasteiger partial charge in [0.05, 0.1) is 5.39 Å². The average Bonchev–Trinajstić information content (AvgIpc) is 2.28. The van der Waals surface area contributed by atoms with Crippen LogP contribution in [0.5, 0.6) is 5.75 Å². The first-order chi connectivity index (χ1) is 8.02. The highest BCUT2D eigenvalue weighted by atomic mass is 16.4. The molecule has 2 rings (SSSR count). The molecule has 0 saturated heterocycles. The molecule has 4 nitrogen and oxygen atoms in total. The minimum Gasteiger partial charge on any atom is -0.506 e. The Bertz CT molecular complexity index is 637. The van der Waals surface area contributed by atoms with Crippen LogP contribution in [-0.2, 0) is 0 Å². The Kier molecular flexibility index (Phi) is 2.71. The SMILES string of the molecule is CC(C)C(=O)c1c(O)c2ccccc2oc1=O. The van der Waals surface area contributed by atoms with Crippen LogP contribution in [0.25, 0.3) is 11.0 Å². The molecule has 0 aliphatic rings. The van der Waals surface area contributed by atoms with Crippen molar-refractivity contribution in [2.24, 2.45) is 5.92 Å². The summed E-state index contributed by atoms with van der Waals surface area (Å²) in [6, 6.07) is 6.56. The maximum Gasteiger partial charge on any atom is 0.351 e. The molecule has 1 aromatic heterocycles. The Balaban J connectivity index is 2.81. The second kappa shape index (κ2) is 4.05. The van der Waals surface area contributed by atoms with Crippen LogP contribution in [-0.4, -0.2) is 10.9 Å². The zero-order chi connectivity index (χ0) is 12.6. The van der Waals surface area contributed by atoms with Gasteiger partial charge in [0.25, 0.3) is 0 Å². The second-order valence-electron chi connectivity index (χ2n) is 4.13. The fourth-order valence-corrected chi connectivity index (χ4v) is 1.64. The number of Topliss-reactive ketones (excluding diaryl/α,β-unsaturated/α-hetero) is 1. The van der Waals surface area contributed by atoms with Crippen molar-refractivity contribution in [2.45, 2.75) is 13.8 Å². The fraction of sp³-hybridized carbons (Fsp3) is 0.231. The quantitative estimate of drug-likeness (QED) is 0.637. The van der Waals surface area contributed by atoms with Gasteiger partial charge in [-0.2, -0.15) is 0 Å². The number of para-hydroxylation sites is 1. The first-order valence-corrected chi connectivity index (χ1v) is 5.31. The summed E-state index contributed by atoms with van der Waals surface area (Å²) in [4.78, 5) is 23.5. The van der Waals surface area contributed by atoms with Gasteiger partial charge >= 0.3 is 5.63 Å². The van der Waals surface area contributed by atoms with Crippen molar-refractivity contribution in [3.63, 3.8) is 0 Å². The Labute approximate surface area is 97.5 Å². The van der Waals surface area contributed by atoms with Crippen molar-refractivity contribution in [3.05, 3.63) is 40.2 Å². The van der Waals surface area contributed by atoms with Gasteiger partial charge in [0.2, 0.25) is 0 Å². The van der Waals surface area contributed by atoms with Gasteiger partial charge in [0, 0.05) is 5.92 Å². The topological polar surface area (TPSA) is 67.5 Å². The molecule has 0 radical (unpaired) electrons. The molecule has 1 N–H and O–H groups in total. The lowest BCUT2D eigenvalue weighted by molar-refractivity contribution is 0.0933. The van der Waals surface area contributed by atoms with Crippen LogP contribution in [0.15, 0.2) is 33.5 Å². The Morgan fingerprint density at radius 3 is 2.59 bits per heavy atom. The summed E-state index contributed by atoms with van der Waals surface area (Å²) in [5, 5.41) is 10.3. The molecule has 0 aliphatic carbocycles. The first kappa shape index (κ1) is 11.4. The van der Waals surface area contributed by atoms with Crippen LogP contribution in [0, 0.1) is 5.92 Å². The predicted octanol–water partition coefficient (Wildman–Crippen LogP) is 2.34. The zero-order valence-electron chi connectivity index (χ0n) is 9.56. The number of hydrogen-bond donors (Lipinski definition) is 1. The van der Waals surface area contributed by atoms with Crippen LogP contribution in [0.1, 0.15) is 24.2 Å². The molecule has 0 saturated carbocycles. The maximum absolute atomic E-state index is 11.8. The van der Waals surface area contributed by atoms with E-state index >= 15 is 0 Å². The first-order valence-electron chi connectivity index (χ1n) is 5.31. The molecule has 17 heavy (non-hydrogen) atoms.